The monoisotopic (exact) mass is 478 g/mol. The van der Waals surface area contributed by atoms with Crippen molar-refractivity contribution in [3.63, 3.8) is 0 Å². The van der Waals surface area contributed by atoms with Crippen LogP contribution in [0, 0.1) is 0 Å². The molecule has 3 aromatic carbocycles. The zero-order valence-electron chi connectivity index (χ0n) is 13.8. The van der Waals surface area contributed by atoms with E-state index in [4.69, 9.17) is 4.74 Å². The van der Waals surface area contributed by atoms with E-state index in [1.165, 1.54) is 6.07 Å². The molecule has 0 radical (unpaired) electrons. The third-order valence-corrected chi connectivity index (χ3v) is 7.33. The normalized spacial score (nSPS) is 12.1. The van der Waals surface area contributed by atoms with E-state index in [2.05, 4.69) is 0 Å². The van der Waals surface area contributed by atoms with Crippen LogP contribution in [0.2, 0.25) is 0 Å². The molecule has 3 rings (SSSR count). The molecule has 0 aliphatic heterocycles. The summed E-state index contributed by atoms with van der Waals surface area (Å²) in [4.78, 5) is -0.0733. The van der Waals surface area contributed by atoms with Crippen molar-refractivity contribution < 1.29 is 38.1 Å². The fourth-order valence-electron chi connectivity index (χ4n) is 2.66. The maximum Gasteiger partial charge on any atom is 0.295 e. The Morgan fingerprint density at radius 2 is 1.35 bits per heavy atom. The van der Waals surface area contributed by atoms with E-state index in [0.29, 0.717) is 11.1 Å². The number of ether oxygens (including phenoxy) is 1. The molecule has 0 aliphatic carbocycles. The maximum atomic E-state index is 11.9. The summed E-state index contributed by atoms with van der Waals surface area (Å²) in [5.41, 5.74) is 0. The first-order valence-corrected chi connectivity index (χ1v) is 10.4. The minimum absolute atomic E-state index is 0. The smallest absolute Gasteiger partial charge is 0.295 e. The Morgan fingerprint density at radius 1 is 0.808 bits per heavy atom. The van der Waals surface area contributed by atoms with Crippen molar-refractivity contribution in [3.05, 3.63) is 78.9 Å². The minimum atomic E-state index is -4.34. The number of methoxy groups -OCH3 is 1. The second-order valence-electron chi connectivity index (χ2n) is 5.29. The molecule has 0 aromatic heterocycles. The van der Waals surface area contributed by atoms with Gasteiger partial charge < -0.3 is 4.74 Å². The third kappa shape index (κ3) is 4.41. The molecule has 0 heterocycles. The van der Waals surface area contributed by atoms with Crippen LogP contribution >= 0.6 is 7.92 Å². The second kappa shape index (κ2) is 8.90. The van der Waals surface area contributed by atoms with Crippen molar-refractivity contribution in [1.82, 2.24) is 0 Å². The van der Waals surface area contributed by atoms with Crippen LogP contribution < -0.4 is 20.7 Å². The van der Waals surface area contributed by atoms with Crippen molar-refractivity contribution in [1.29, 1.82) is 0 Å². The van der Waals surface area contributed by atoms with Crippen LogP contribution in [0.1, 0.15) is 0 Å². The summed E-state index contributed by atoms with van der Waals surface area (Å²) in [6, 6.07) is 23.7. The van der Waals surface area contributed by atoms with Crippen molar-refractivity contribution in [3.8, 4) is 5.75 Å². The zero-order chi connectivity index (χ0) is 17.9. The molecule has 0 fully saturated rings. The Balaban J connectivity index is 0.00000243. The standard InChI is InChI=1S/C19H17O4PS.Pd/c1-23-16-11-5-6-12-17(16)24(15-9-3-2-4-10-15)18-13-7-8-14-19(18)25(20,21)22;/h2-14H,1H3,(H,20,21,22);. The van der Waals surface area contributed by atoms with E-state index >= 15 is 0 Å². The van der Waals surface area contributed by atoms with E-state index in [1.54, 1.807) is 25.3 Å². The molecule has 0 spiro atoms. The first-order chi connectivity index (χ1) is 12.0. The molecule has 0 bridgehead atoms. The summed E-state index contributed by atoms with van der Waals surface area (Å²) in [6.07, 6.45) is 0. The molecule has 1 unspecified atom stereocenters. The van der Waals surface area contributed by atoms with Crippen LogP contribution in [0.15, 0.2) is 83.8 Å². The molecule has 0 aliphatic rings. The van der Waals surface area contributed by atoms with Gasteiger partial charge in [-0.3, -0.25) is 4.55 Å². The van der Waals surface area contributed by atoms with Crippen LogP contribution in [0.3, 0.4) is 0 Å². The average molecular weight is 479 g/mol. The van der Waals surface area contributed by atoms with Crippen molar-refractivity contribution in [2.45, 2.75) is 4.90 Å². The molecule has 1 atom stereocenters. The van der Waals surface area contributed by atoms with Gasteiger partial charge in [0.25, 0.3) is 10.1 Å². The molecular weight excluding hydrogens is 462 g/mol. The quantitative estimate of drug-likeness (QED) is 0.348. The van der Waals surface area contributed by atoms with Gasteiger partial charge in [0.1, 0.15) is 10.6 Å². The van der Waals surface area contributed by atoms with Gasteiger partial charge in [-0.25, -0.2) is 0 Å². The number of benzene rings is 3. The van der Waals surface area contributed by atoms with Crippen LogP contribution in [0.5, 0.6) is 5.75 Å². The summed E-state index contributed by atoms with van der Waals surface area (Å²) in [7, 11) is -3.97. The minimum Gasteiger partial charge on any atom is -0.496 e. The predicted octanol–water partition coefficient (Wildman–Crippen LogP) is 2.70. The largest absolute Gasteiger partial charge is 0.496 e. The van der Waals surface area contributed by atoms with Gasteiger partial charge in [0.2, 0.25) is 0 Å². The van der Waals surface area contributed by atoms with E-state index in [-0.39, 0.29) is 25.3 Å². The third-order valence-electron chi connectivity index (χ3n) is 3.72. The van der Waals surface area contributed by atoms with Crippen LogP contribution in [-0.4, -0.2) is 20.1 Å². The van der Waals surface area contributed by atoms with Gasteiger partial charge in [0.15, 0.2) is 0 Å². The van der Waals surface area contributed by atoms with E-state index in [0.717, 1.165) is 10.6 Å². The molecule has 0 saturated carbocycles. The molecule has 1 N–H and O–H groups in total. The average Bonchev–Trinajstić information content (AvgIpc) is 2.63. The van der Waals surface area contributed by atoms with Crippen molar-refractivity contribution in [2.24, 2.45) is 0 Å². The molecule has 0 saturated heterocycles. The second-order valence-corrected chi connectivity index (χ2v) is 8.83. The maximum absolute atomic E-state index is 11.9. The van der Waals surface area contributed by atoms with Gasteiger partial charge in [0.05, 0.1) is 7.11 Å². The van der Waals surface area contributed by atoms with Gasteiger partial charge >= 0.3 is 0 Å². The van der Waals surface area contributed by atoms with E-state index < -0.39 is 18.0 Å². The molecule has 4 nitrogen and oxygen atoms in total. The Labute approximate surface area is 168 Å². The summed E-state index contributed by atoms with van der Waals surface area (Å²) < 4.78 is 39.0. The number of rotatable bonds is 5. The molecule has 7 heteroatoms. The molecular formula is C19H17O4PPdS. The summed E-state index contributed by atoms with van der Waals surface area (Å²) in [6.45, 7) is 0. The van der Waals surface area contributed by atoms with Crippen LogP contribution in [-0.2, 0) is 30.5 Å². The Morgan fingerprint density at radius 3 is 1.96 bits per heavy atom. The van der Waals surface area contributed by atoms with Gasteiger partial charge in [-0.05, 0) is 25.4 Å². The molecule has 3 aromatic rings. The van der Waals surface area contributed by atoms with Gasteiger partial charge in [-0.1, -0.05) is 66.7 Å². The Bertz CT molecular complexity index is 978. The first-order valence-electron chi connectivity index (χ1n) is 7.57. The SMILES string of the molecule is COc1ccccc1P(c1ccccc1)c1ccccc1S(=O)(=O)O.[Pd]. The topological polar surface area (TPSA) is 63.6 Å². The summed E-state index contributed by atoms with van der Waals surface area (Å²) in [5, 5.41) is 2.43. The molecule has 138 valence electrons. The van der Waals surface area contributed by atoms with Crippen LogP contribution in [0.4, 0.5) is 0 Å². The van der Waals surface area contributed by atoms with Crippen LogP contribution in [0.25, 0.3) is 0 Å². The predicted molar refractivity (Wildman–Crippen MR) is 102 cm³/mol. The first kappa shape index (κ1) is 20.8. The zero-order valence-corrected chi connectivity index (χ0v) is 17.1. The fourth-order valence-corrected chi connectivity index (χ4v) is 6.30. The van der Waals surface area contributed by atoms with E-state index in [1.807, 2.05) is 54.6 Å². The van der Waals surface area contributed by atoms with Gasteiger partial charge in [-0.15, -0.1) is 0 Å². The number of hydrogen-bond acceptors (Lipinski definition) is 3. The van der Waals surface area contributed by atoms with Crippen molar-refractivity contribution in [2.75, 3.05) is 7.11 Å². The van der Waals surface area contributed by atoms with Gasteiger partial charge in [0, 0.05) is 31.0 Å². The summed E-state index contributed by atoms with van der Waals surface area (Å²) >= 11 is 0. The van der Waals surface area contributed by atoms with Crippen molar-refractivity contribution >= 4 is 34.0 Å². The van der Waals surface area contributed by atoms with E-state index in [9.17, 15) is 13.0 Å². The number of hydrogen-bond donors (Lipinski definition) is 1. The van der Waals surface area contributed by atoms with Gasteiger partial charge in [-0.2, -0.15) is 8.42 Å². The summed E-state index contributed by atoms with van der Waals surface area (Å²) in [5.74, 6) is 0.683. The number of para-hydroxylation sites is 1. The fraction of sp³-hybridized carbons (Fsp3) is 0.0526. The Hall–Kier alpha value is -1.54. The Kier molecular flexibility index (Phi) is 7.11. The molecule has 26 heavy (non-hydrogen) atoms. The molecule has 0 amide bonds.